The monoisotopic (exact) mass is 336 g/mol. The molecule has 0 spiro atoms. The number of rotatable bonds is 4. The fourth-order valence-corrected chi connectivity index (χ4v) is 3.55. The van der Waals surface area contributed by atoms with Crippen molar-refractivity contribution < 1.29 is 4.79 Å². The van der Waals surface area contributed by atoms with Crippen molar-refractivity contribution >= 4 is 33.5 Å². The minimum absolute atomic E-state index is 0.0248. The first-order valence-electron chi connectivity index (χ1n) is 7.91. The Hall–Kier alpha value is -2.46. The molecule has 3 aromatic rings. The molecule has 122 valence electrons. The van der Waals surface area contributed by atoms with Crippen molar-refractivity contribution in [3.8, 4) is 0 Å². The van der Waals surface area contributed by atoms with Gasteiger partial charge >= 0.3 is 0 Å². The molecule has 4 heteroatoms. The highest BCUT2D eigenvalue weighted by atomic mass is 32.1. The molecule has 0 radical (unpaired) electrons. The Kier molecular flexibility index (Phi) is 4.76. The summed E-state index contributed by atoms with van der Waals surface area (Å²) in [5.74, 6) is -0.0248. The number of para-hydroxylation sites is 1. The maximum Gasteiger partial charge on any atom is 0.246 e. The van der Waals surface area contributed by atoms with Crippen molar-refractivity contribution in [2.75, 3.05) is 7.05 Å². The van der Waals surface area contributed by atoms with Crippen LogP contribution >= 0.6 is 11.3 Å². The highest BCUT2D eigenvalue weighted by Crippen LogP contribution is 2.28. The average molecular weight is 336 g/mol. The molecule has 0 fully saturated rings. The number of hydrogen-bond acceptors (Lipinski definition) is 3. The van der Waals surface area contributed by atoms with Gasteiger partial charge in [0.05, 0.1) is 16.3 Å². The lowest BCUT2D eigenvalue weighted by molar-refractivity contribution is -0.126. The normalized spacial score (nSPS) is 12.6. The van der Waals surface area contributed by atoms with Gasteiger partial charge in [0, 0.05) is 13.1 Å². The number of amides is 1. The number of aromatic nitrogens is 1. The van der Waals surface area contributed by atoms with Crippen molar-refractivity contribution in [2.24, 2.45) is 0 Å². The van der Waals surface area contributed by atoms with Crippen molar-refractivity contribution in [1.29, 1.82) is 0 Å². The van der Waals surface area contributed by atoms with E-state index < -0.39 is 0 Å². The zero-order valence-electron chi connectivity index (χ0n) is 14.1. The third-order valence-electron chi connectivity index (χ3n) is 4.06. The largest absolute Gasteiger partial charge is 0.333 e. The number of thiazole rings is 1. The van der Waals surface area contributed by atoms with Gasteiger partial charge in [-0.2, -0.15) is 0 Å². The molecule has 0 saturated heterocycles. The van der Waals surface area contributed by atoms with Crippen LogP contribution in [0.5, 0.6) is 0 Å². The van der Waals surface area contributed by atoms with Gasteiger partial charge in [0.25, 0.3) is 0 Å². The molecule has 24 heavy (non-hydrogen) atoms. The maximum atomic E-state index is 12.4. The van der Waals surface area contributed by atoms with E-state index in [-0.39, 0.29) is 11.9 Å². The molecule has 1 atom stereocenters. The molecule has 0 bridgehead atoms. The van der Waals surface area contributed by atoms with Crippen molar-refractivity contribution in [3.05, 3.63) is 70.7 Å². The first kappa shape index (κ1) is 16.4. The Bertz CT molecular complexity index is 864. The van der Waals surface area contributed by atoms with E-state index >= 15 is 0 Å². The van der Waals surface area contributed by atoms with E-state index in [1.54, 1.807) is 22.3 Å². The lowest BCUT2D eigenvalue weighted by Gasteiger charge is -2.21. The number of benzene rings is 2. The Morgan fingerprint density at radius 2 is 2.00 bits per heavy atom. The Morgan fingerprint density at radius 3 is 2.75 bits per heavy atom. The van der Waals surface area contributed by atoms with Crippen LogP contribution in [-0.2, 0) is 4.79 Å². The van der Waals surface area contributed by atoms with Crippen molar-refractivity contribution in [1.82, 2.24) is 9.88 Å². The summed E-state index contributed by atoms with van der Waals surface area (Å²) in [6, 6.07) is 16.1. The van der Waals surface area contributed by atoms with Crippen LogP contribution in [0, 0.1) is 6.92 Å². The second-order valence-electron chi connectivity index (χ2n) is 5.89. The quantitative estimate of drug-likeness (QED) is 0.639. The van der Waals surface area contributed by atoms with E-state index in [0.717, 1.165) is 20.8 Å². The smallest absolute Gasteiger partial charge is 0.246 e. The molecule has 0 N–H and O–H groups in total. The van der Waals surface area contributed by atoms with Crippen LogP contribution in [0.15, 0.2) is 54.6 Å². The van der Waals surface area contributed by atoms with E-state index in [2.05, 4.69) is 17.1 Å². The van der Waals surface area contributed by atoms with Gasteiger partial charge in [-0.25, -0.2) is 4.98 Å². The zero-order valence-corrected chi connectivity index (χ0v) is 14.9. The highest BCUT2D eigenvalue weighted by molar-refractivity contribution is 7.18. The van der Waals surface area contributed by atoms with Gasteiger partial charge in [-0.1, -0.05) is 42.0 Å². The molecule has 0 aliphatic rings. The number of likely N-dealkylation sites (N-methyl/N-ethyl adjacent to an activating group) is 1. The van der Waals surface area contributed by atoms with E-state index in [4.69, 9.17) is 0 Å². The number of nitrogens with zero attached hydrogens (tertiary/aromatic N) is 2. The molecule has 0 aliphatic carbocycles. The van der Waals surface area contributed by atoms with Crippen LogP contribution in [0.1, 0.15) is 29.1 Å². The Labute approximate surface area is 146 Å². The standard InChI is InChI=1S/C20H20N2OS/c1-14-7-6-8-16(13-14)11-12-19(23)22(3)15(2)20-21-17-9-4-5-10-18(17)24-20/h4-13,15H,1-3H3/b12-11+/t15-/m1/s1. The van der Waals surface area contributed by atoms with Gasteiger partial charge < -0.3 is 4.90 Å². The van der Waals surface area contributed by atoms with Crippen molar-refractivity contribution in [2.45, 2.75) is 19.9 Å². The Morgan fingerprint density at radius 1 is 1.21 bits per heavy atom. The molecule has 1 aromatic heterocycles. The summed E-state index contributed by atoms with van der Waals surface area (Å²) in [6.07, 6.45) is 3.48. The summed E-state index contributed by atoms with van der Waals surface area (Å²) in [6.45, 7) is 4.05. The van der Waals surface area contributed by atoms with Gasteiger partial charge in [0.2, 0.25) is 5.91 Å². The van der Waals surface area contributed by atoms with Crippen LogP contribution in [0.2, 0.25) is 0 Å². The second kappa shape index (κ2) is 6.97. The van der Waals surface area contributed by atoms with Gasteiger partial charge in [-0.15, -0.1) is 11.3 Å². The predicted molar refractivity (Wildman–Crippen MR) is 101 cm³/mol. The number of hydrogen-bond donors (Lipinski definition) is 0. The minimum atomic E-state index is -0.0583. The predicted octanol–water partition coefficient (Wildman–Crippen LogP) is 4.84. The molecular formula is C20H20N2OS. The number of carbonyl (C=O) groups is 1. The molecule has 0 saturated carbocycles. The number of aryl methyl sites for hydroxylation is 1. The number of carbonyl (C=O) groups excluding carboxylic acids is 1. The molecule has 0 aliphatic heterocycles. The molecule has 1 heterocycles. The average Bonchev–Trinajstić information content (AvgIpc) is 3.02. The lowest BCUT2D eigenvalue weighted by Crippen LogP contribution is -2.27. The molecule has 1 amide bonds. The van der Waals surface area contributed by atoms with Crippen LogP contribution in [0.3, 0.4) is 0 Å². The summed E-state index contributed by atoms with van der Waals surface area (Å²) in [5, 5.41) is 0.955. The molecular weight excluding hydrogens is 316 g/mol. The summed E-state index contributed by atoms with van der Waals surface area (Å²) < 4.78 is 1.15. The fraction of sp³-hybridized carbons (Fsp3) is 0.200. The van der Waals surface area contributed by atoms with Gasteiger partial charge in [-0.05, 0) is 37.6 Å². The van der Waals surface area contributed by atoms with Gasteiger partial charge in [-0.3, -0.25) is 4.79 Å². The first-order valence-corrected chi connectivity index (χ1v) is 8.73. The molecule has 2 aromatic carbocycles. The van der Waals surface area contributed by atoms with Crippen LogP contribution < -0.4 is 0 Å². The second-order valence-corrected chi connectivity index (χ2v) is 6.95. The maximum absolute atomic E-state index is 12.4. The molecule has 3 nitrogen and oxygen atoms in total. The highest BCUT2D eigenvalue weighted by Gasteiger charge is 2.19. The minimum Gasteiger partial charge on any atom is -0.333 e. The zero-order chi connectivity index (χ0) is 17.1. The third kappa shape index (κ3) is 3.54. The lowest BCUT2D eigenvalue weighted by atomic mass is 10.1. The third-order valence-corrected chi connectivity index (χ3v) is 5.26. The van der Waals surface area contributed by atoms with E-state index in [1.165, 1.54) is 5.56 Å². The van der Waals surface area contributed by atoms with E-state index in [0.29, 0.717) is 0 Å². The first-order chi connectivity index (χ1) is 11.5. The molecule has 3 rings (SSSR count). The van der Waals surface area contributed by atoms with Crippen LogP contribution in [-0.4, -0.2) is 22.8 Å². The van der Waals surface area contributed by atoms with Crippen LogP contribution in [0.25, 0.3) is 16.3 Å². The van der Waals surface area contributed by atoms with E-state index in [1.807, 2.05) is 63.4 Å². The van der Waals surface area contributed by atoms with Crippen molar-refractivity contribution in [3.63, 3.8) is 0 Å². The van der Waals surface area contributed by atoms with E-state index in [9.17, 15) is 4.79 Å². The Balaban J connectivity index is 1.74. The molecule has 0 unspecified atom stereocenters. The van der Waals surface area contributed by atoms with Gasteiger partial charge in [0.15, 0.2) is 0 Å². The van der Waals surface area contributed by atoms with Gasteiger partial charge in [0.1, 0.15) is 5.01 Å². The fourth-order valence-electron chi connectivity index (χ4n) is 2.48. The topological polar surface area (TPSA) is 33.2 Å². The summed E-state index contributed by atoms with van der Waals surface area (Å²) >= 11 is 1.64. The summed E-state index contributed by atoms with van der Waals surface area (Å²) in [4.78, 5) is 18.8. The SMILES string of the molecule is Cc1cccc(/C=C/C(=O)N(C)[C@H](C)c2nc3ccccc3s2)c1. The summed E-state index contributed by atoms with van der Waals surface area (Å²) in [7, 11) is 1.82. The summed E-state index contributed by atoms with van der Waals surface area (Å²) in [5.41, 5.74) is 3.20. The number of fused-ring (bicyclic) bond motifs is 1. The van der Waals surface area contributed by atoms with Crippen LogP contribution in [0.4, 0.5) is 0 Å².